The second kappa shape index (κ2) is 7.44. The molecule has 1 N–H and O–H groups in total. The smallest absolute Gasteiger partial charge is 0.236 e. The SMILES string of the molecule is O=C(CN1C[C@@H](F)C[C@H]1CO)N1CCN(c2ccccc2F)CC1. The predicted molar refractivity (Wildman–Crippen MR) is 87.2 cm³/mol. The number of hydrogen-bond acceptors (Lipinski definition) is 4. The van der Waals surface area contributed by atoms with Crippen LogP contribution >= 0.6 is 0 Å². The molecule has 2 saturated heterocycles. The number of rotatable bonds is 4. The standard InChI is InChI=1S/C17H23F2N3O2/c18-13-9-14(12-23)22(10-13)11-17(24)21-7-5-20(6-8-21)16-4-2-1-3-15(16)19/h1-4,13-14,23H,5-12H2/t13-,14-/m0/s1. The number of carbonyl (C=O) groups is 1. The minimum Gasteiger partial charge on any atom is -0.395 e. The predicted octanol–water partition coefficient (Wildman–Crippen LogP) is 0.879. The number of piperazine rings is 1. The molecule has 2 heterocycles. The minimum atomic E-state index is -0.979. The first-order chi connectivity index (χ1) is 11.6. The van der Waals surface area contributed by atoms with Crippen LogP contribution in [0.3, 0.4) is 0 Å². The summed E-state index contributed by atoms with van der Waals surface area (Å²) in [6.45, 7) is 2.38. The van der Waals surface area contributed by atoms with Crippen molar-refractivity contribution in [3.8, 4) is 0 Å². The van der Waals surface area contributed by atoms with Crippen LogP contribution in [0.25, 0.3) is 0 Å². The molecule has 5 nitrogen and oxygen atoms in total. The van der Waals surface area contributed by atoms with Crippen LogP contribution < -0.4 is 4.90 Å². The Balaban J connectivity index is 1.53. The zero-order chi connectivity index (χ0) is 17.1. The van der Waals surface area contributed by atoms with E-state index in [1.165, 1.54) is 6.07 Å². The van der Waals surface area contributed by atoms with Gasteiger partial charge in [-0.2, -0.15) is 0 Å². The van der Waals surface area contributed by atoms with Gasteiger partial charge in [-0.15, -0.1) is 0 Å². The first-order valence-corrected chi connectivity index (χ1v) is 8.34. The third-order valence-corrected chi connectivity index (χ3v) is 4.85. The maximum Gasteiger partial charge on any atom is 0.236 e. The summed E-state index contributed by atoms with van der Waals surface area (Å²) in [6, 6.07) is 6.35. The summed E-state index contributed by atoms with van der Waals surface area (Å²) in [5, 5.41) is 9.29. The molecule has 1 aromatic carbocycles. The number of aliphatic hydroxyl groups is 1. The third kappa shape index (κ3) is 3.67. The highest BCUT2D eigenvalue weighted by Gasteiger charge is 2.34. The van der Waals surface area contributed by atoms with Crippen LogP contribution in [0.15, 0.2) is 24.3 Å². The highest BCUT2D eigenvalue weighted by molar-refractivity contribution is 5.78. The summed E-state index contributed by atoms with van der Waals surface area (Å²) < 4.78 is 27.3. The zero-order valence-corrected chi connectivity index (χ0v) is 13.6. The quantitative estimate of drug-likeness (QED) is 0.885. The van der Waals surface area contributed by atoms with E-state index in [0.29, 0.717) is 31.9 Å². The van der Waals surface area contributed by atoms with Crippen LogP contribution in [0, 0.1) is 5.82 Å². The molecule has 1 aromatic rings. The van der Waals surface area contributed by atoms with E-state index in [2.05, 4.69) is 0 Å². The summed E-state index contributed by atoms with van der Waals surface area (Å²) in [4.78, 5) is 17.8. The van der Waals surface area contributed by atoms with Gasteiger partial charge in [0, 0.05) is 38.8 Å². The van der Waals surface area contributed by atoms with Gasteiger partial charge in [0.1, 0.15) is 12.0 Å². The normalized spacial score (nSPS) is 25.3. The number of benzene rings is 1. The molecule has 2 atom stereocenters. The number of para-hydroxylation sites is 1. The van der Waals surface area contributed by atoms with E-state index < -0.39 is 6.17 Å². The Morgan fingerprint density at radius 3 is 2.58 bits per heavy atom. The lowest BCUT2D eigenvalue weighted by Gasteiger charge is -2.37. The van der Waals surface area contributed by atoms with Gasteiger partial charge in [0.25, 0.3) is 0 Å². The maximum absolute atomic E-state index is 13.8. The van der Waals surface area contributed by atoms with Crippen LogP contribution in [0.5, 0.6) is 0 Å². The van der Waals surface area contributed by atoms with Crippen molar-refractivity contribution in [1.29, 1.82) is 0 Å². The number of carbonyl (C=O) groups excluding carboxylic acids is 1. The fourth-order valence-corrected chi connectivity index (χ4v) is 3.48. The molecule has 2 aliphatic heterocycles. The minimum absolute atomic E-state index is 0.0595. The van der Waals surface area contributed by atoms with E-state index in [-0.39, 0.29) is 43.9 Å². The van der Waals surface area contributed by atoms with Gasteiger partial charge >= 0.3 is 0 Å². The second-order valence-electron chi connectivity index (χ2n) is 6.42. The molecule has 2 aliphatic rings. The molecule has 24 heavy (non-hydrogen) atoms. The van der Waals surface area contributed by atoms with E-state index >= 15 is 0 Å². The van der Waals surface area contributed by atoms with Crippen LogP contribution in [0.1, 0.15) is 6.42 Å². The second-order valence-corrected chi connectivity index (χ2v) is 6.42. The molecule has 132 valence electrons. The lowest BCUT2D eigenvalue weighted by Crippen LogP contribution is -2.52. The molecule has 3 rings (SSSR count). The Hall–Kier alpha value is -1.73. The zero-order valence-electron chi connectivity index (χ0n) is 13.6. The number of alkyl halides is 1. The van der Waals surface area contributed by atoms with Gasteiger partial charge in [-0.3, -0.25) is 9.69 Å². The van der Waals surface area contributed by atoms with E-state index in [0.717, 1.165) is 0 Å². The molecular weight excluding hydrogens is 316 g/mol. The Morgan fingerprint density at radius 1 is 1.21 bits per heavy atom. The lowest BCUT2D eigenvalue weighted by atomic mass is 10.2. The van der Waals surface area contributed by atoms with Gasteiger partial charge in [0.05, 0.1) is 18.8 Å². The largest absolute Gasteiger partial charge is 0.395 e. The number of likely N-dealkylation sites (tertiary alicyclic amines) is 1. The van der Waals surface area contributed by atoms with Gasteiger partial charge in [-0.25, -0.2) is 8.78 Å². The first-order valence-electron chi connectivity index (χ1n) is 8.34. The molecule has 0 radical (unpaired) electrons. The van der Waals surface area contributed by atoms with Gasteiger partial charge in [0.15, 0.2) is 0 Å². The summed E-state index contributed by atoms with van der Waals surface area (Å²) in [7, 11) is 0. The maximum atomic E-state index is 13.8. The van der Waals surface area contributed by atoms with Crippen molar-refractivity contribution in [2.75, 3.05) is 50.8 Å². The number of aliphatic hydroxyl groups excluding tert-OH is 1. The molecule has 0 spiro atoms. The molecule has 1 amide bonds. The number of hydrogen-bond donors (Lipinski definition) is 1. The summed E-state index contributed by atoms with van der Waals surface area (Å²) in [5.41, 5.74) is 0.560. The molecule has 0 aromatic heterocycles. The van der Waals surface area contributed by atoms with E-state index in [1.54, 1.807) is 28.0 Å². The lowest BCUT2D eigenvalue weighted by molar-refractivity contribution is -0.133. The molecule has 7 heteroatoms. The third-order valence-electron chi connectivity index (χ3n) is 4.85. The first kappa shape index (κ1) is 17.1. The van der Waals surface area contributed by atoms with Gasteiger partial charge in [0.2, 0.25) is 5.91 Å². The van der Waals surface area contributed by atoms with Gasteiger partial charge in [-0.1, -0.05) is 12.1 Å². The fourth-order valence-electron chi connectivity index (χ4n) is 3.48. The monoisotopic (exact) mass is 339 g/mol. The highest BCUT2D eigenvalue weighted by atomic mass is 19.1. The van der Waals surface area contributed by atoms with Crippen LogP contribution in [-0.2, 0) is 4.79 Å². The Bertz CT molecular complexity index is 579. The molecule has 0 saturated carbocycles. The van der Waals surface area contributed by atoms with Crippen molar-refractivity contribution in [1.82, 2.24) is 9.80 Å². The van der Waals surface area contributed by atoms with Crippen molar-refractivity contribution in [2.24, 2.45) is 0 Å². The topological polar surface area (TPSA) is 47.0 Å². The van der Waals surface area contributed by atoms with Crippen molar-refractivity contribution in [3.05, 3.63) is 30.1 Å². The van der Waals surface area contributed by atoms with E-state index in [4.69, 9.17) is 0 Å². The van der Waals surface area contributed by atoms with E-state index in [9.17, 15) is 18.7 Å². The molecular formula is C17H23F2N3O2. The van der Waals surface area contributed by atoms with Gasteiger partial charge < -0.3 is 14.9 Å². The van der Waals surface area contributed by atoms with Crippen LogP contribution in [0.2, 0.25) is 0 Å². The van der Waals surface area contributed by atoms with Crippen molar-refractivity contribution in [2.45, 2.75) is 18.6 Å². The molecule has 2 fully saturated rings. The fraction of sp³-hybridized carbons (Fsp3) is 0.588. The number of nitrogens with zero attached hydrogens (tertiary/aromatic N) is 3. The average molecular weight is 339 g/mol. The molecule has 0 unspecified atom stereocenters. The van der Waals surface area contributed by atoms with Crippen LogP contribution in [0.4, 0.5) is 14.5 Å². The molecule has 0 bridgehead atoms. The van der Waals surface area contributed by atoms with E-state index in [1.807, 2.05) is 4.90 Å². The number of anilines is 1. The molecule has 0 aliphatic carbocycles. The Kier molecular flexibility index (Phi) is 5.30. The summed E-state index contributed by atoms with van der Waals surface area (Å²) in [6.07, 6.45) is -0.696. The van der Waals surface area contributed by atoms with Crippen molar-refractivity contribution < 1.29 is 18.7 Å². The van der Waals surface area contributed by atoms with Crippen molar-refractivity contribution in [3.63, 3.8) is 0 Å². The Morgan fingerprint density at radius 2 is 1.92 bits per heavy atom. The van der Waals surface area contributed by atoms with Crippen LogP contribution in [-0.4, -0.2) is 78.9 Å². The Labute approximate surface area is 140 Å². The number of halogens is 2. The van der Waals surface area contributed by atoms with Gasteiger partial charge in [-0.05, 0) is 18.6 Å². The average Bonchev–Trinajstić information content (AvgIpc) is 2.95. The highest BCUT2D eigenvalue weighted by Crippen LogP contribution is 2.22. The van der Waals surface area contributed by atoms with Crippen molar-refractivity contribution >= 4 is 11.6 Å². The summed E-state index contributed by atoms with van der Waals surface area (Å²) >= 11 is 0. The number of amides is 1. The summed E-state index contributed by atoms with van der Waals surface area (Å²) in [5.74, 6) is -0.315.